The summed E-state index contributed by atoms with van der Waals surface area (Å²) < 4.78 is 0. The van der Waals surface area contributed by atoms with Crippen molar-refractivity contribution in [1.82, 2.24) is 10.3 Å². The van der Waals surface area contributed by atoms with Gasteiger partial charge < -0.3 is 10.2 Å². The fourth-order valence-electron chi connectivity index (χ4n) is 2.53. The number of amidine groups is 1. The first-order chi connectivity index (χ1) is 10.6. The minimum atomic E-state index is -0.429. The number of nitrogens with zero attached hydrogens (tertiary/aromatic N) is 5. The van der Waals surface area contributed by atoms with Gasteiger partial charge >= 0.3 is 0 Å². The van der Waals surface area contributed by atoms with Crippen LogP contribution < -0.4 is 10.2 Å². The molecule has 1 aromatic rings. The van der Waals surface area contributed by atoms with E-state index in [1.54, 1.807) is 17.7 Å². The van der Waals surface area contributed by atoms with E-state index in [9.17, 15) is 0 Å². The monoisotopic (exact) mass is 312 g/mol. The lowest BCUT2D eigenvalue weighted by molar-refractivity contribution is 0.474. The summed E-state index contributed by atoms with van der Waals surface area (Å²) in [6.07, 6.45) is 4.03. The third-order valence-electron chi connectivity index (χ3n) is 3.79. The minimum Gasteiger partial charge on any atom is -0.350 e. The first-order valence-corrected chi connectivity index (χ1v) is 7.84. The molecule has 0 amide bonds. The van der Waals surface area contributed by atoms with Crippen LogP contribution in [0.5, 0.6) is 0 Å². The maximum atomic E-state index is 8.69. The van der Waals surface area contributed by atoms with Crippen LogP contribution in [0, 0.1) is 28.6 Å². The van der Waals surface area contributed by atoms with Gasteiger partial charge in [-0.05, 0) is 6.92 Å². The molecule has 0 bridgehead atoms. The van der Waals surface area contributed by atoms with E-state index in [2.05, 4.69) is 45.1 Å². The van der Waals surface area contributed by atoms with E-state index < -0.39 is 5.41 Å². The Labute approximate surface area is 133 Å². The van der Waals surface area contributed by atoms with Crippen LogP contribution in [0.15, 0.2) is 16.2 Å². The van der Waals surface area contributed by atoms with Crippen molar-refractivity contribution in [2.75, 3.05) is 25.0 Å². The largest absolute Gasteiger partial charge is 0.350 e. The van der Waals surface area contributed by atoms with Gasteiger partial charge in [-0.1, -0.05) is 23.2 Å². The maximum Gasteiger partial charge on any atom is 0.185 e. The Kier molecular flexibility index (Phi) is 3.82. The molecule has 0 fully saturated rings. The summed E-state index contributed by atoms with van der Waals surface area (Å²) in [5.41, 5.74) is -0.429. The SMILES string of the molecule is CN(CCC#N)c1ncc(C2N=CNC3=NCC#CC32C)s1. The maximum absolute atomic E-state index is 8.69. The molecule has 1 aromatic heterocycles. The third-order valence-corrected chi connectivity index (χ3v) is 4.96. The number of rotatable bonds is 4. The first kappa shape index (κ1) is 14.6. The molecule has 1 N–H and O–H groups in total. The number of thiazole rings is 1. The second-order valence-corrected chi connectivity index (χ2v) is 6.41. The van der Waals surface area contributed by atoms with Crippen molar-refractivity contribution in [3.8, 4) is 17.9 Å². The van der Waals surface area contributed by atoms with Crippen molar-refractivity contribution >= 4 is 28.6 Å². The van der Waals surface area contributed by atoms with E-state index in [4.69, 9.17) is 5.26 Å². The molecule has 2 aliphatic heterocycles. The van der Waals surface area contributed by atoms with Crippen molar-refractivity contribution in [2.45, 2.75) is 19.4 Å². The second kappa shape index (κ2) is 5.78. The zero-order valence-electron chi connectivity index (χ0n) is 12.5. The van der Waals surface area contributed by atoms with Crippen LogP contribution in [-0.2, 0) is 0 Å². The quantitative estimate of drug-likeness (QED) is 0.857. The second-order valence-electron chi connectivity index (χ2n) is 5.37. The standard InChI is InChI=1S/C15H16N6S/c1-15-5-3-7-17-13(15)20-10-19-12(15)11-9-18-14(22-11)21(2)8-4-6-16/h9-10,12H,4,7-8H2,1-2H3,(H,17,19,20). The van der Waals surface area contributed by atoms with E-state index in [0.717, 1.165) is 15.8 Å². The number of aromatic nitrogens is 1. The van der Waals surface area contributed by atoms with Gasteiger partial charge in [-0.25, -0.2) is 4.98 Å². The van der Waals surface area contributed by atoms with Gasteiger partial charge in [-0.3, -0.25) is 9.98 Å². The fraction of sp³-hybridized carbons (Fsp3) is 0.467. The number of hydrogen-bond donors (Lipinski definition) is 1. The predicted octanol–water partition coefficient (Wildman–Crippen LogP) is 1.59. The number of hydrogen-bond acceptors (Lipinski definition) is 7. The highest BCUT2D eigenvalue weighted by Gasteiger charge is 2.42. The summed E-state index contributed by atoms with van der Waals surface area (Å²) in [5.74, 6) is 7.23. The molecule has 3 rings (SSSR count). The Morgan fingerprint density at radius 1 is 1.64 bits per heavy atom. The average Bonchev–Trinajstić information content (AvgIpc) is 3.01. The lowest BCUT2D eigenvalue weighted by Gasteiger charge is -2.35. The summed E-state index contributed by atoms with van der Waals surface area (Å²) in [5, 5.41) is 12.7. The molecule has 0 aliphatic carbocycles. The molecule has 0 spiro atoms. The normalized spacial score (nSPS) is 25.1. The van der Waals surface area contributed by atoms with Crippen molar-refractivity contribution in [1.29, 1.82) is 5.26 Å². The van der Waals surface area contributed by atoms with E-state index in [1.165, 1.54) is 0 Å². The van der Waals surface area contributed by atoms with Crippen LogP contribution >= 0.6 is 11.3 Å². The van der Waals surface area contributed by atoms with Crippen LogP contribution in [0.25, 0.3) is 0 Å². The van der Waals surface area contributed by atoms with Gasteiger partial charge in [0.25, 0.3) is 0 Å². The summed E-state index contributed by atoms with van der Waals surface area (Å²) in [7, 11) is 1.95. The zero-order valence-corrected chi connectivity index (χ0v) is 13.3. The Morgan fingerprint density at radius 3 is 3.32 bits per heavy atom. The zero-order chi connectivity index (χ0) is 15.6. The Morgan fingerprint density at radius 2 is 2.50 bits per heavy atom. The van der Waals surface area contributed by atoms with Gasteiger partial charge in [0.2, 0.25) is 0 Å². The number of fused-ring (bicyclic) bond motifs is 1. The summed E-state index contributed by atoms with van der Waals surface area (Å²) in [4.78, 5) is 16.5. The molecule has 3 heterocycles. The molecule has 0 saturated heterocycles. The molecule has 2 unspecified atom stereocenters. The number of anilines is 1. The van der Waals surface area contributed by atoms with Crippen molar-refractivity contribution in [3.05, 3.63) is 11.1 Å². The fourth-order valence-corrected chi connectivity index (χ4v) is 3.61. The molecular formula is C15H16N6S. The van der Waals surface area contributed by atoms with Gasteiger partial charge in [0, 0.05) is 19.8 Å². The van der Waals surface area contributed by atoms with Crippen LogP contribution in [0.2, 0.25) is 0 Å². The molecule has 0 radical (unpaired) electrons. The lowest BCUT2D eigenvalue weighted by Crippen LogP contribution is -2.46. The Balaban J connectivity index is 1.88. The molecule has 7 heteroatoms. The van der Waals surface area contributed by atoms with Gasteiger partial charge in [0.15, 0.2) is 5.13 Å². The molecule has 2 atom stereocenters. The van der Waals surface area contributed by atoms with Crippen LogP contribution in [0.1, 0.15) is 24.3 Å². The van der Waals surface area contributed by atoms with Gasteiger partial charge in [0.1, 0.15) is 23.8 Å². The Bertz CT molecular complexity index is 731. The third kappa shape index (κ3) is 2.44. The van der Waals surface area contributed by atoms with Crippen molar-refractivity contribution in [2.24, 2.45) is 15.4 Å². The summed E-state index contributed by atoms with van der Waals surface area (Å²) >= 11 is 1.59. The molecule has 0 aromatic carbocycles. The van der Waals surface area contributed by atoms with Gasteiger partial charge in [0.05, 0.1) is 23.7 Å². The first-order valence-electron chi connectivity index (χ1n) is 7.02. The molecule has 6 nitrogen and oxygen atoms in total. The van der Waals surface area contributed by atoms with Crippen LogP contribution in [-0.4, -0.2) is 37.3 Å². The van der Waals surface area contributed by atoms with Gasteiger partial charge in [-0.15, -0.1) is 0 Å². The molecule has 0 saturated carbocycles. The molecule has 22 heavy (non-hydrogen) atoms. The van der Waals surface area contributed by atoms with Crippen LogP contribution in [0.3, 0.4) is 0 Å². The van der Waals surface area contributed by atoms with Gasteiger partial charge in [-0.2, -0.15) is 5.26 Å². The highest BCUT2D eigenvalue weighted by Crippen LogP contribution is 2.42. The molecule has 2 aliphatic rings. The van der Waals surface area contributed by atoms with E-state index in [1.807, 2.05) is 18.1 Å². The van der Waals surface area contributed by atoms with E-state index >= 15 is 0 Å². The van der Waals surface area contributed by atoms with E-state index in [-0.39, 0.29) is 6.04 Å². The highest BCUT2D eigenvalue weighted by atomic mass is 32.1. The topological polar surface area (TPSA) is 76.7 Å². The Hall–Kier alpha value is -2.38. The highest BCUT2D eigenvalue weighted by molar-refractivity contribution is 7.15. The number of nitriles is 1. The summed E-state index contributed by atoms with van der Waals surface area (Å²) in [6, 6.07) is 2.05. The molecule has 112 valence electrons. The summed E-state index contributed by atoms with van der Waals surface area (Å²) in [6.45, 7) is 3.26. The molecular weight excluding hydrogens is 296 g/mol. The average molecular weight is 312 g/mol. The minimum absolute atomic E-state index is 0.101. The number of aliphatic imine (C=N–C) groups is 2. The predicted molar refractivity (Wildman–Crippen MR) is 88.2 cm³/mol. The van der Waals surface area contributed by atoms with Crippen LogP contribution in [0.4, 0.5) is 5.13 Å². The lowest BCUT2D eigenvalue weighted by atomic mass is 9.79. The van der Waals surface area contributed by atoms with Crippen molar-refractivity contribution < 1.29 is 0 Å². The number of nitrogens with one attached hydrogen (secondary N) is 1. The van der Waals surface area contributed by atoms with Crippen molar-refractivity contribution in [3.63, 3.8) is 0 Å². The van der Waals surface area contributed by atoms with E-state index in [0.29, 0.717) is 19.5 Å². The smallest absolute Gasteiger partial charge is 0.185 e.